The lowest BCUT2D eigenvalue weighted by Gasteiger charge is -2.39. The van der Waals surface area contributed by atoms with Crippen LogP contribution in [0.5, 0.6) is 0 Å². The second-order valence-electron chi connectivity index (χ2n) is 8.37. The minimum absolute atomic E-state index is 0.0588. The van der Waals surface area contributed by atoms with E-state index in [0.29, 0.717) is 18.3 Å². The van der Waals surface area contributed by atoms with Crippen LogP contribution in [0.2, 0.25) is 0 Å². The lowest BCUT2D eigenvalue weighted by atomic mass is 9.93. The highest BCUT2D eigenvalue weighted by Gasteiger charge is 2.32. The average molecular weight is 407 g/mol. The summed E-state index contributed by atoms with van der Waals surface area (Å²) in [6.07, 6.45) is 7.33. The van der Waals surface area contributed by atoms with Gasteiger partial charge in [0.25, 0.3) is 0 Å². The number of anilines is 1. The lowest BCUT2D eigenvalue weighted by molar-refractivity contribution is -0.130. The maximum atomic E-state index is 12.5. The van der Waals surface area contributed by atoms with E-state index in [0.717, 1.165) is 51.1 Å². The minimum Gasteiger partial charge on any atom is -0.342 e. The van der Waals surface area contributed by atoms with Gasteiger partial charge in [-0.2, -0.15) is 0 Å². The quantitative estimate of drug-likeness (QED) is 0.781. The minimum atomic E-state index is -0.0588. The number of carbonyl (C=O) groups excluding carboxylic acids is 2. The summed E-state index contributed by atoms with van der Waals surface area (Å²) in [5.74, 6) is 1.04. The molecule has 3 amide bonds. The Morgan fingerprint density at radius 3 is 2.50 bits per heavy atom. The van der Waals surface area contributed by atoms with Crippen molar-refractivity contribution in [1.82, 2.24) is 14.8 Å². The van der Waals surface area contributed by atoms with Gasteiger partial charge in [0.05, 0.1) is 0 Å². The number of benzene rings is 1. The van der Waals surface area contributed by atoms with Gasteiger partial charge in [-0.05, 0) is 42.2 Å². The third-order valence-corrected chi connectivity index (χ3v) is 6.24. The molecule has 158 valence electrons. The first kappa shape index (κ1) is 20.4. The monoisotopic (exact) mass is 406 g/mol. The molecule has 2 aliphatic rings. The van der Waals surface area contributed by atoms with Crippen LogP contribution in [0, 0.1) is 0 Å². The van der Waals surface area contributed by atoms with Crippen LogP contribution < -0.4 is 5.32 Å². The number of likely N-dealkylation sites (tertiary alicyclic amines) is 2. The van der Waals surface area contributed by atoms with Gasteiger partial charge in [0.1, 0.15) is 0 Å². The molecular formula is C24H30N4O2. The van der Waals surface area contributed by atoms with Crippen molar-refractivity contribution in [2.45, 2.75) is 44.4 Å². The van der Waals surface area contributed by atoms with Crippen molar-refractivity contribution in [2.75, 3.05) is 31.5 Å². The molecule has 0 spiro atoms. The molecule has 0 bridgehead atoms. The topological polar surface area (TPSA) is 65.5 Å². The van der Waals surface area contributed by atoms with Gasteiger partial charge >= 0.3 is 6.03 Å². The zero-order chi connectivity index (χ0) is 20.9. The Morgan fingerprint density at radius 2 is 1.80 bits per heavy atom. The Labute approximate surface area is 178 Å². The normalized spacial score (nSPS) is 18.9. The molecule has 0 saturated carbocycles. The van der Waals surface area contributed by atoms with E-state index in [-0.39, 0.29) is 11.9 Å². The Morgan fingerprint density at radius 1 is 1.03 bits per heavy atom. The third-order valence-electron chi connectivity index (χ3n) is 6.24. The lowest BCUT2D eigenvalue weighted by Crippen LogP contribution is -2.50. The van der Waals surface area contributed by atoms with Crippen LogP contribution in [-0.2, 0) is 4.79 Å². The molecular weight excluding hydrogens is 376 g/mol. The molecule has 6 nitrogen and oxygen atoms in total. The number of unbranched alkanes of at least 4 members (excludes halogenated alkanes) is 1. The molecule has 4 rings (SSSR count). The van der Waals surface area contributed by atoms with Gasteiger partial charge in [0.15, 0.2) is 0 Å². The first-order valence-corrected chi connectivity index (χ1v) is 11.0. The highest BCUT2D eigenvalue weighted by Crippen LogP contribution is 2.30. The molecule has 6 heteroatoms. The van der Waals surface area contributed by atoms with Gasteiger partial charge in [0.2, 0.25) is 5.91 Å². The fourth-order valence-electron chi connectivity index (χ4n) is 4.26. The van der Waals surface area contributed by atoms with Crippen molar-refractivity contribution in [3.8, 4) is 0 Å². The number of aromatic nitrogens is 1. The summed E-state index contributed by atoms with van der Waals surface area (Å²) in [4.78, 5) is 32.7. The van der Waals surface area contributed by atoms with Crippen LogP contribution >= 0.6 is 0 Å². The first-order valence-electron chi connectivity index (χ1n) is 11.0. The van der Waals surface area contributed by atoms with E-state index in [1.807, 2.05) is 34.2 Å². The standard InChI is InChI=1S/C24H30N4O2/c1-2-3-6-23(29)27-13-11-20(15-27)18-7-9-22(10-8-18)26-24(30)28-16-21(17-28)19-5-4-12-25-14-19/h4-5,7-10,12,14,20-21H,2-3,6,11,13,15-17H2,1H3,(H,26,30). The number of hydrogen-bond donors (Lipinski definition) is 1. The van der Waals surface area contributed by atoms with Crippen molar-refractivity contribution in [1.29, 1.82) is 0 Å². The van der Waals surface area contributed by atoms with Crippen LogP contribution in [-0.4, -0.2) is 52.9 Å². The molecule has 0 radical (unpaired) electrons. The Balaban J connectivity index is 1.25. The summed E-state index contributed by atoms with van der Waals surface area (Å²) in [5, 5.41) is 2.99. The molecule has 30 heavy (non-hydrogen) atoms. The molecule has 1 aromatic heterocycles. The molecule has 2 saturated heterocycles. The number of urea groups is 1. The Hall–Kier alpha value is -2.89. The number of carbonyl (C=O) groups is 2. The van der Waals surface area contributed by atoms with Crippen molar-refractivity contribution in [3.63, 3.8) is 0 Å². The van der Waals surface area contributed by atoms with Crippen molar-refractivity contribution >= 4 is 17.6 Å². The maximum Gasteiger partial charge on any atom is 0.321 e. The molecule has 2 fully saturated rings. The van der Waals surface area contributed by atoms with Crippen LogP contribution in [0.4, 0.5) is 10.5 Å². The fourth-order valence-corrected chi connectivity index (χ4v) is 4.26. The van der Waals surface area contributed by atoms with Crippen molar-refractivity contribution in [2.24, 2.45) is 0 Å². The van der Waals surface area contributed by atoms with Crippen LogP contribution in [0.1, 0.15) is 55.6 Å². The highest BCUT2D eigenvalue weighted by atomic mass is 16.2. The van der Waals surface area contributed by atoms with E-state index < -0.39 is 0 Å². The van der Waals surface area contributed by atoms with Gasteiger partial charge < -0.3 is 15.1 Å². The number of nitrogens with one attached hydrogen (secondary N) is 1. The van der Waals surface area contributed by atoms with Gasteiger partial charge in [0, 0.05) is 62.5 Å². The fraction of sp³-hybridized carbons (Fsp3) is 0.458. The molecule has 1 aromatic carbocycles. The maximum absolute atomic E-state index is 12.5. The van der Waals surface area contributed by atoms with E-state index in [1.165, 1.54) is 11.1 Å². The molecule has 1 atom stereocenters. The van der Waals surface area contributed by atoms with Crippen LogP contribution in [0.15, 0.2) is 48.8 Å². The van der Waals surface area contributed by atoms with Gasteiger partial charge in [-0.15, -0.1) is 0 Å². The van der Waals surface area contributed by atoms with E-state index in [1.54, 1.807) is 6.20 Å². The number of nitrogens with zero attached hydrogens (tertiary/aromatic N) is 3. The van der Waals surface area contributed by atoms with Crippen molar-refractivity contribution < 1.29 is 9.59 Å². The van der Waals surface area contributed by atoms with E-state index >= 15 is 0 Å². The number of pyridine rings is 1. The van der Waals surface area contributed by atoms with E-state index in [2.05, 4.69) is 35.4 Å². The van der Waals surface area contributed by atoms with Gasteiger partial charge in [-0.1, -0.05) is 31.5 Å². The summed E-state index contributed by atoms with van der Waals surface area (Å²) in [5.41, 5.74) is 3.23. The smallest absolute Gasteiger partial charge is 0.321 e. The highest BCUT2D eigenvalue weighted by molar-refractivity contribution is 5.90. The predicted molar refractivity (Wildman–Crippen MR) is 117 cm³/mol. The van der Waals surface area contributed by atoms with Gasteiger partial charge in [-0.25, -0.2) is 4.79 Å². The van der Waals surface area contributed by atoms with Crippen LogP contribution in [0.3, 0.4) is 0 Å². The van der Waals surface area contributed by atoms with Gasteiger partial charge in [-0.3, -0.25) is 9.78 Å². The molecule has 1 unspecified atom stereocenters. The zero-order valence-electron chi connectivity index (χ0n) is 17.6. The predicted octanol–water partition coefficient (Wildman–Crippen LogP) is 4.22. The summed E-state index contributed by atoms with van der Waals surface area (Å²) in [6.45, 7) is 5.21. The first-order chi connectivity index (χ1) is 14.6. The largest absolute Gasteiger partial charge is 0.342 e. The second kappa shape index (κ2) is 9.28. The molecule has 2 aromatic rings. The third kappa shape index (κ3) is 4.64. The molecule has 1 N–H and O–H groups in total. The average Bonchev–Trinajstić information content (AvgIpc) is 3.23. The summed E-state index contributed by atoms with van der Waals surface area (Å²) in [7, 11) is 0. The van der Waals surface area contributed by atoms with E-state index in [4.69, 9.17) is 0 Å². The molecule has 3 heterocycles. The Bertz CT molecular complexity index is 863. The number of rotatable bonds is 6. The number of hydrogen-bond acceptors (Lipinski definition) is 3. The summed E-state index contributed by atoms with van der Waals surface area (Å²) in [6, 6.07) is 12.0. The zero-order valence-corrected chi connectivity index (χ0v) is 17.6. The van der Waals surface area contributed by atoms with Crippen molar-refractivity contribution in [3.05, 3.63) is 59.9 Å². The molecule has 0 aliphatic carbocycles. The summed E-state index contributed by atoms with van der Waals surface area (Å²) >= 11 is 0. The number of amides is 3. The summed E-state index contributed by atoms with van der Waals surface area (Å²) < 4.78 is 0. The van der Waals surface area contributed by atoms with E-state index in [9.17, 15) is 9.59 Å². The SMILES string of the molecule is CCCCC(=O)N1CCC(c2ccc(NC(=O)N3CC(c4cccnc4)C3)cc2)C1. The Kier molecular flexibility index (Phi) is 6.31. The molecule has 2 aliphatic heterocycles. The van der Waals surface area contributed by atoms with Crippen LogP contribution in [0.25, 0.3) is 0 Å². The second-order valence-corrected chi connectivity index (χ2v) is 8.37.